The van der Waals surface area contributed by atoms with Crippen LogP contribution in [0.15, 0.2) is 35.0 Å². The zero-order valence-corrected chi connectivity index (χ0v) is 15.1. The summed E-state index contributed by atoms with van der Waals surface area (Å²) < 4.78 is 5.75. The van der Waals surface area contributed by atoms with Crippen molar-refractivity contribution in [3.05, 3.63) is 46.2 Å². The third kappa shape index (κ3) is 3.07. The van der Waals surface area contributed by atoms with Crippen molar-refractivity contribution in [1.82, 2.24) is 0 Å². The number of amides is 2. The van der Waals surface area contributed by atoms with E-state index >= 15 is 0 Å². The van der Waals surface area contributed by atoms with Gasteiger partial charge in [0.15, 0.2) is 0 Å². The Morgan fingerprint density at radius 2 is 2.16 bits per heavy atom. The van der Waals surface area contributed by atoms with Crippen molar-refractivity contribution in [1.29, 1.82) is 0 Å². The molecule has 6 heteroatoms. The monoisotopic (exact) mass is 358 g/mol. The van der Waals surface area contributed by atoms with E-state index < -0.39 is 6.04 Å². The minimum Gasteiger partial charge on any atom is -0.320 e. The summed E-state index contributed by atoms with van der Waals surface area (Å²) in [5.74, 6) is 0.0500. The molecule has 0 bridgehead atoms. The third-order valence-corrected chi connectivity index (χ3v) is 5.41. The molecule has 0 spiro atoms. The zero-order chi connectivity index (χ0) is 18.7. The Labute approximate surface area is 153 Å². The molecule has 2 amide bonds. The standard InChI is InChI=1S/C18H19N3O2S.CH4/c19-14-9-13-3-1-4-15(20-7-2-5-16(20)22)17(13)21(18(14)23)10-12-6-8-24-11-12;/h1,3-4,6,8,11,14H,2,5,7,9-10,19H2;1H4/i;1D. The number of hydrogen-bond donors (Lipinski definition) is 1. The van der Waals surface area contributed by atoms with Gasteiger partial charge in [-0.05, 0) is 46.9 Å². The molecular weight excluding hydrogens is 334 g/mol. The first-order chi connectivity index (χ1) is 12.6. The molecule has 0 saturated carbocycles. The highest BCUT2D eigenvalue weighted by Gasteiger charge is 2.35. The van der Waals surface area contributed by atoms with E-state index in [0.717, 1.165) is 28.9 Å². The van der Waals surface area contributed by atoms with E-state index in [1.165, 1.54) is 7.40 Å². The molecule has 1 aromatic carbocycles. The van der Waals surface area contributed by atoms with Gasteiger partial charge in [-0.2, -0.15) is 11.3 Å². The molecule has 2 aromatic rings. The molecule has 1 saturated heterocycles. The Balaban J connectivity index is 0.000000948. The van der Waals surface area contributed by atoms with Crippen LogP contribution in [0.4, 0.5) is 11.4 Å². The summed E-state index contributed by atoms with van der Waals surface area (Å²) in [6, 6.07) is 7.38. The van der Waals surface area contributed by atoms with Gasteiger partial charge in [-0.25, -0.2) is 0 Å². The first-order valence-corrected chi connectivity index (χ1v) is 9.09. The fourth-order valence-electron chi connectivity index (χ4n) is 3.53. The smallest absolute Gasteiger partial charge is 0.244 e. The summed E-state index contributed by atoms with van der Waals surface area (Å²) in [4.78, 5) is 28.6. The number of thiophene rings is 1. The lowest BCUT2D eigenvalue weighted by Gasteiger charge is -2.36. The van der Waals surface area contributed by atoms with Crippen molar-refractivity contribution in [3.8, 4) is 0 Å². The van der Waals surface area contributed by atoms with Crippen LogP contribution in [-0.2, 0) is 22.6 Å². The van der Waals surface area contributed by atoms with E-state index in [-0.39, 0.29) is 11.8 Å². The first kappa shape index (κ1) is 16.3. The lowest BCUT2D eigenvalue weighted by Crippen LogP contribution is -2.49. The summed E-state index contributed by atoms with van der Waals surface area (Å²) in [5.41, 5.74) is 9.88. The average Bonchev–Trinajstić information content (AvgIpc) is 3.31. The lowest BCUT2D eigenvalue weighted by atomic mass is 9.95. The van der Waals surface area contributed by atoms with Crippen molar-refractivity contribution >= 4 is 34.5 Å². The molecule has 2 N–H and O–H groups in total. The minimum absolute atomic E-state index is 0.0761. The van der Waals surface area contributed by atoms with Crippen molar-refractivity contribution in [3.63, 3.8) is 0 Å². The molecule has 0 aliphatic carbocycles. The fraction of sp³-hybridized carbons (Fsp3) is 0.368. The number of rotatable bonds is 3. The Morgan fingerprint density at radius 1 is 1.32 bits per heavy atom. The lowest BCUT2D eigenvalue weighted by molar-refractivity contribution is -0.120. The van der Waals surface area contributed by atoms with Gasteiger partial charge < -0.3 is 15.5 Å². The van der Waals surface area contributed by atoms with E-state index in [2.05, 4.69) is 0 Å². The van der Waals surface area contributed by atoms with Crippen molar-refractivity contribution in [2.24, 2.45) is 5.73 Å². The van der Waals surface area contributed by atoms with Gasteiger partial charge in [0.2, 0.25) is 11.8 Å². The molecule has 2 aliphatic heterocycles. The van der Waals surface area contributed by atoms with Gasteiger partial charge in [-0.15, -0.1) is 0 Å². The van der Waals surface area contributed by atoms with Gasteiger partial charge in [0, 0.05) is 14.3 Å². The minimum atomic E-state index is -0.527. The van der Waals surface area contributed by atoms with E-state index in [4.69, 9.17) is 7.10 Å². The second kappa shape index (κ2) is 6.98. The van der Waals surface area contributed by atoms with Crippen molar-refractivity contribution in [2.45, 2.75) is 39.3 Å². The Bertz CT molecular complexity index is 794. The molecule has 1 fully saturated rings. The molecular formula is C19H23N3O2S. The van der Waals surface area contributed by atoms with E-state index in [1.807, 2.05) is 39.9 Å². The number of nitrogens with zero attached hydrogens (tertiary/aromatic N) is 2. The molecule has 2 aliphatic rings. The van der Waals surface area contributed by atoms with Crippen molar-refractivity contribution < 1.29 is 11.0 Å². The SMILES string of the molecule is NC1Cc2cccc(N3CCCC3=O)c2N(Cc2ccsc2)C1=O.[2H]C. The van der Waals surface area contributed by atoms with Crippen LogP contribution in [0.5, 0.6) is 0 Å². The normalized spacial score (nSPS) is 20.1. The summed E-state index contributed by atoms with van der Waals surface area (Å²) in [7, 11) is 1.25. The van der Waals surface area contributed by atoms with Gasteiger partial charge in [-0.3, -0.25) is 9.59 Å². The second-order valence-corrected chi connectivity index (χ2v) is 7.08. The topological polar surface area (TPSA) is 66.6 Å². The van der Waals surface area contributed by atoms with Gasteiger partial charge in [0.25, 0.3) is 0 Å². The van der Waals surface area contributed by atoms with Crippen molar-refractivity contribution in [2.75, 3.05) is 16.3 Å². The molecule has 4 rings (SSSR count). The number of carbonyl (C=O) groups is 2. The van der Waals surface area contributed by atoms with Crippen LogP contribution in [0, 0.1) is 0 Å². The zero-order valence-electron chi connectivity index (χ0n) is 15.3. The van der Waals surface area contributed by atoms with E-state index in [0.29, 0.717) is 25.9 Å². The molecule has 5 nitrogen and oxygen atoms in total. The van der Waals surface area contributed by atoms with Crippen LogP contribution in [0.1, 0.15) is 32.7 Å². The van der Waals surface area contributed by atoms with Crippen LogP contribution < -0.4 is 15.5 Å². The third-order valence-electron chi connectivity index (χ3n) is 4.68. The molecule has 0 radical (unpaired) electrons. The number of nitrogens with two attached hydrogens (primary N) is 1. The maximum atomic E-state index is 12.8. The predicted molar refractivity (Wildman–Crippen MR) is 102 cm³/mol. The highest BCUT2D eigenvalue weighted by atomic mass is 32.1. The number of fused-ring (bicyclic) bond motifs is 1. The Kier molecular flexibility index (Phi) is 4.55. The van der Waals surface area contributed by atoms with E-state index in [9.17, 15) is 9.59 Å². The molecule has 132 valence electrons. The predicted octanol–water partition coefficient (Wildman–Crippen LogP) is 2.93. The maximum Gasteiger partial charge on any atom is 0.244 e. The number of anilines is 2. The highest BCUT2D eigenvalue weighted by molar-refractivity contribution is 7.07. The van der Waals surface area contributed by atoms with Crippen LogP contribution >= 0.6 is 11.3 Å². The molecule has 25 heavy (non-hydrogen) atoms. The quantitative estimate of drug-likeness (QED) is 0.917. The molecule has 1 unspecified atom stereocenters. The van der Waals surface area contributed by atoms with Gasteiger partial charge in [0.1, 0.15) is 0 Å². The largest absolute Gasteiger partial charge is 0.320 e. The summed E-state index contributed by atoms with van der Waals surface area (Å²) in [5, 5.41) is 4.04. The van der Waals surface area contributed by atoms with Crippen LogP contribution in [-0.4, -0.2) is 24.4 Å². The maximum absolute atomic E-state index is 12.8. The number of carbonyl (C=O) groups excluding carboxylic acids is 2. The van der Waals surface area contributed by atoms with Gasteiger partial charge in [0.05, 0.1) is 24.0 Å². The summed E-state index contributed by atoms with van der Waals surface area (Å²) >= 11 is 1.61. The molecule has 1 aromatic heterocycles. The van der Waals surface area contributed by atoms with Crippen LogP contribution in [0.25, 0.3) is 0 Å². The highest BCUT2D eigenvalue weighted by Crippen LogP contribution is 2.39. The van der Waals surface area contributed by atoms with Crippen LogP contribution in [0.3, 0.4) is 0 Å². The second-order valence-electron chi connectivity index (χ2n) is 6.30. The summed E-state index contributed by atoms with van der Waals surface area (Å²) in [6.07, 6.45) is 1.95. The number of benzene rings is 1. The number of hydrogen-bond acceptors (Lipinski definition) is 4. The number of para-hydroxylation sites is 1. The molecule has 1 atom stereocenters. The molecule has 3 heterocycles. The van der Waals surface area contributed by atoms with Crippen LogP contribution in [0.2, 0.25) is 0 Å². The first-order valence-electron chi connectivity index (χ1n) is 9.15. The van der Waals surface area contributed by atoms with E-state index in [1.54, 1.807) is 16.2 Å². The van der Waals surface area contributed by atoms with Gasteiger partial charge >= 0.3 is 0 Å². The summed E-state index contributed by atoms with van der Waals surface area (Å²) in [6.45, 7) is 1.20. The van der Waals surface area contributed by atoms with Gasteiger partial charge in [-0.1, -0.05) is 19.5 Å². The average molecular weight is 358 g/mol. The Morgan fingerprint density at radius 3 is 2.84 bits per heavy atom. The Hall–Kier alpha value is -2.18. The fourth-order valence-corrected chi connectivity index (χ4v) is 4.19.